The van der Waals surface area contributed by atoms with Crippen molar-refractivity contribution in [1.29, 1.82) is 5.26 Å². The normalized spacial score (nSPS) is 10.5. The van der Waals surface area contributed by atoms with Gasteiger partial charge in [-0.05, 0) is 42.4 Å². The molecule has 19 heavy (non-hydrogen) atoms. The van der Waals surface area contributed by atoms with E-state index in [1.807, 2.05) is 19.1 Å². The molecule has 92 valence electrons. The number of nitrogens with zero attached hydrogens (tertiary/aromatic N) is 3. The molecule has 4 nitrogen and oxygen atoms in total. The van der Waals surface area contributed by atoms with Crippen LogP contribution in [0.2, 0.25) is 0 Å². The lowest BCUT2D eigenvalue weighted by Gasteiger charge is -1.98. The zero-order valence-electron chi connectivity index (χ0n) is 10.2. The summed E-state index contributed by atoms with van der Waals surface area (Å²) in [5.74, 6) is 0. The van der Waals surface area contributed by atoms with Gasteiger partial charge in [0.2, 0.25) is 0 Å². The topological polar surface area (TPSA) is 65.4 Å². The van der Waals surface area contributed by atoms with Gasteiger partial charge in [-0.15, -0.1) is 0 Å². The standard InChI is InChI=1S/C14H10N4S/c1-9-2-3-11-12(6-9)18-14(17-11)19-13-8-16-5-4-10(13)7-15/h2-6,8H,1H3,(H,17,18). The maximum absolute atomic E-state index is 9.05. The number of fused-ring (bicyclic) bond motifs is 1. The molecule has 0 radical (unpaired) electrons. The van der Waals surface area contributed by atoms with Crippen LogP contribution in [0.1, 0.15) is 11.1 Å². The SMILES string of the molecule is Cc1ccc2nc(Sc3cnccc3C#N)[nH]c2c1. The Morgan fingerprint density at radius 2 is 2.21 bits per heavy atom. The molecule has 0 aliphatic heterocycles. The summed E-state index contributed by atoms with van der Waals surface area (Å²) in [4.78, 5) is 12.6. The van der Waals surface area contributed by atoms with E-state index in [0.717, 1.165) is 21.1 Å². The van der Waals surface area contributed by atoms with Gasteiger partial charge in [0.1, 0.15) is 6.07 Å². The third-order valence-electron chi connectivity index (χ3n) is 2.73. The number of hydrogen-bond acceptors (Lipinski definition) is 4. The van der Waals surface area contributed by atoms with Crippen molar-refractivity contribution in [3.05, 3.63) is 47.8 Å². The van der Waals surface area contributed by atoms with E-state index in [4.69, 9.17) is 5.26 Å². The number of pyridine rings is 1. The van der Waals surface area contributed by atoms with Crippen molar-refractivity contribution in [2.45, 2.75) is 17.0 Å². The summed E-state index contributed by atoms with van der Waals surface area (Å²) in [7, 11) is 0. The minimum atomic E-state index is 0.608. The van der Waals surface area contributed by atoms with Crippen molar-refractivity contribution in [2.24, 2.45) is 0 Å². The van der Waals surface area contributed by atoms with E-state index >= 15 is 0 Å². The van der Waals surface area contributed by atoms with Crippen molar-refractivity contribution in [3.63, 3.8) is 0 Å². The molecule has 0 atom stereocenters. The number of aromatic nitrogens is 3. The Hall–Kier alpha value is -2.32. The number of imidazole rings is 1. The highest BCUT2D eigenvalue weighted by atomic mass is 32.2. The van der Waals surface area contributed by atoms with Crippen molar-refractivity contribution in [1.82, 2.24) is 15.0 Å². The van der Waals surface area contributed by atoms with Crippen molar-refractivity contribution in [3.8, 4) is 6.07 Å². The molecule has 2 heterocycles. The van der Waals surface area contributed by atoms with E-state index in [9.17, 15) is 0 Å². The molecule has 5 heteroatoms. The molecule has 3 rings (SSSR count). The number of benzene rings is 1. The highest BCUT2D eigenvalue weighted by Crippen LogP contribution is 2.29. The van der Waals surface area contributed by atoms with Crippen LogP contribution in [0, 0.1) is 18.3 Å². The monoisotopic (exact) mass is 266 g/mol. The summed E-state index contributed by atoms with van der Waals surface area (Å²) in [5, 5.41) is 9.82. The first kappa shape index (κ1) is 11.8. The average molecular weight is 266 g/mol. The molecule has 3 aromatic rings. The lowest BCUT2D eigenvalue weighted by atomic mass is 10.2. The van der Waals surface area contributed by atoms with Gasteiger partial charge in [0, 0.05) is 12.4 Å². The van der Waals surface area contributed by atoms with Gasteiger partial charge in [0.25, 0.3) is 0 Å². The van der Waals surface area contributed by atoms with Gasteiger partial charge in [-0.1, -0.05) is 6.07 Å². The predicted molar refractivity (Wildman–Crippen MR) is 73.9 cm³/mol. The molecule has 1 N–H and O–H groups in total. The van der Waals surface area contributed by atoms with Crippen LogP contribution in [0.25, 0.3) is 11.0 Å². The molecular formula is C14H10N4S. The molecule has 0 unspecified atom stereocenters. The lowest BCUT2D eigenvalue weighted by Crippen LogP contribution is -1.83. The van der Waals surface area contributed by atoms with E-state index in [0.29, 0.717) is 5.56 Å². The van der Waals surface area contributed by atoms with Gasteiger partial charge in [0.05, 0.1) is 21.5 Å². The third-order valence-corrected chi connectivity index (χ3v) is 3.66. The number of hydrogen-bond donors (Lipinski definition) is 1. The first-order chi connectivity index (χ1) is 9.26. The molecule has 0 aliphatic carbocycles. The number of nitriles is 1. The Morgan fingerprint density at radius 1 is 1.32 bits per heavy atom. The first-order valence-corrected chi connectivity index (χ1v) is 6.56. The minimum Gasteiger partial charge on any atom is -0.333 e. The predicted octanol–water partition coefficient (Wildman–Crippen LogP) is 3.29. The summed E-state index contributed by atoms with van der Waals surface area (Å²) in [6.07, 6.45) is 3.30. The van der Waals surface area contributed by atoms with Gasteiger partial charge < -0.3 is 4.98 Å². The zero-order valence-corrected chi connectivity index (χ0v) is 11.0. The Balaban J connectivity index is 1.99. The van der Waals surface area contributed by atoms with Crippen molar-refractivity contribution >= 4 is 22.8 Å². The Morgan fingerprint density at radius 3 is 3.05 bits per heavy atom. The van der Waals surface area contributed by atoms with Gasteiger partial charge in [0.15, 0.2) is 5.16 Å². The number of aryl methyl sites for hydroxylation is 1. The van der Waals surface area contributed by atoms with Crippen LogP contribution in [0.15, 0.2) is 46.7 Å². The van der Waals surface area contributed by atoms with Gasteiger partial charge in [-0.2, -0.15) is 5.26 Å². The van der Waals surface area contributed by atoms with Crippen LogP contribution < -0.4 is 0 Å². The maximum atomic E-state index is 9.05. The summed E-state index contributed by atoms with van der Waals surface area (Å²) in [6.45, 7) is 2.04. The molecule has 0 spiro atoms. The fourth-order valence-corrected chi connectivity index (χ4v) is 2.66. The first-order valence-electron chi connectivity index (χ1n) is 5.74. The van der Waals surface area contributed by atoms with Crippen molar-refractivity contribution in [2.75, 3.05) is 0 Å². The highest BCUT2D eigenvalue weighted by molar-refractivity contribution is 7.99. The number of aromatic amines is 1. The molecule has 0 bridgehead atoms. The van der Waals surface area contributed by atoms with Crippen LogP contribution in [0.4, 0.5) is 0 Å². The number of rotatable bonds is 2. The molecule has 0 fully saturated rings. The molecule has 0 saturated heterocycles. The number of nitrogens with one attached hydrogen (secondary N) is 1. The quantitative estimate of drug-likeness (QED) is 0.773. The second-order valence-corrected chi connectivity index (χ2v) is 5.18. The molecule has 0 aliphatic rings. The van der Waals surface area contributed by atoms with E-state index in [1.165, 1.54) is 17.3 Å². The maximum Gasteiger partial charge on any atom is 0.171 e. The minimum absolute atomic E-state index is 0.608. The van der Waals surface area contributed by atoms with Crippen molar-refractivity contribution < 1.29 is 0 Å². The van der Waals surface area contributed by atoms with Crippen LogP contribution in [0.3, 0.4) is 0 Å². The Bertz CT molecular complexity index is 785. The molecule has 0 amide bonds. The van der Waals surface area contributed by atoms with E-state index in [1.54, 1.807) is 18.5 Å². The fourth-order valence-electron chi connectivity index (χ4n) is 1.81. The Labute approximate surface area is 114 Å². The number of H-pyrrole nitrogens is 1. The van der Waals surface area contributed by atoms with E-state index < -0.39 is 0 Å². The highest BCUT2D eigenvalue weighted by Gasteiger charge is 2.08. The zero-order chi connectivity index (χ0) is 13.2. The molecular weight excluding hydrogens is 256 g/mol. The van der Waals surface area contributed by atoms with Crippen LogP contribution >= 0.6 is 11.8 Å². The lowest BCUT2D eigenvalue weighted by molar-refractivity contribution is 1.07. The molecule has 2 aromatic heterocycles. The van der Waals surface area contributed by atoms with Gasteiger partial charge in [-0.3, -0.25) is 4.98 Å². The average Bonchev–Trinajstić information content (AvgIpc) is 2.80. The van der Waals surface area contributed by atoms with E-state index in [-0.39, 0.29) is 0 Å². The summed E-state index contributed by atoms with van der Waals surface area (Å²) < 4.78 is 0. The summed E-state index contributed by atoms with van der Waals surface area (Å²) in [5.41, 5.74) is 3.73. The summed E-state index contributed by atoms with van der Waals surface area (Å²) >= 11 is 1.42. The second-order valence-electron chi connectivity index (χ2n) is 4.15. The molecule has 1 aromatic carbocycles. The van der Waals surface area contributed by atoms with Crippen LogP contribution in [0.5, 0.6) is 0 Å². The Kier molecular flexibility index (Phi) is 2.94. The molecule has 0 saturated carbocycles. The fraction of sp³-hybridized carbons (Fsp3) is 0.0714. The van der Waals surface area contributed by atoms with Crippen LogP contribution in [-0.2, 0) is 0 Å². The van der Waals surface area contributed by atoms with Crippen LogP contribution in [-0.4, -0.2) is 15.0 Å². The van der Waals surface area contributed by atoms with E-state index in [2.05, 4.69) is 27.1 Å². The summed E-state index contributed by atoms with van der Waals surface area (Å²) in [6, 6.07) is 9.93. The second kappa shape index (κ2) is 4.75. The van der Waals surface area contributed by atoms with Gasteiger partial charge in [-0.25, -0.2) is 4.98 Å². The van der Waals surface area contributed by atoms with Gasteiger partial charge >= 0.3 is 0 Å². The largest absolute Gasteiger partial charge is 0.333 e. The third kappa shape index (κ3) is 2.30. The smallest absolute Gasteiger partial charge is 0.171 e.